The van der Waals surface area contributed by atoms with Crippen molar-refractivity contribution in [1.29, 1.82) is 0 Å². The van der Waals surface area contributed by atoms with Gasteiger partial charge in [0.15, 0.2) is 0 Å². The van der Waals surface area contributed by atoms with Crippen LogP contribution in [0.1, 0.15) is 0 Å². The molecule has 0 spiro atoms. The number of H-pyrrole nitrogens is 1. The SMILES string of the molecule is O=c1cc(-c2ccncc2)[nH]c(-c2cccc3ccccc23)n1. The zero-order valence-corrected chi connectivity index (χ0v) is 12.2. The molecule has 110 valence electrons. The van der Waals surface area contributed by atoms with Gasteiger partial charge in [-0.25, -0.2) is 0 Å². The van der Waals surface area contributed by atoms with E-state index in [1.54, 1.807) is 12.4 Å². The molecule has 0 bridgehead atoms. The van der Waals surface area contributed by atoms with Gasteiger partial charge in [0.25, 0.3) is 5.56 Å². The number of rotatable bonds is 2. The molecular weight excluding hydrogens is 286 g/mol. The predicted molar refractivity (Wildman–Crippen MR) is 91.0 cm³/mol. The van der Waals surface area contributed by atoms with Crippen molar-refractivity contribution in [1.82, 2.24) is 15.0 Å². The molecule has 4 aromatic rings. The van der Waals surface area contributed by atoms with Gasteiger partial charge in [0.2, 0.25) is 0 Å². The molecule has 4 heteroatoms. The highest BCUT2D eigenvalue weighted by Gasteiger charge is 2.08. The molecule has 2 heterocycles. The van der Waals surface area contributed by atoms with E-state index in [0.717, 1.165) is 27.6 Å². The molecule has 0 unspecified atom stereocenters. The Hall–Kier alpha value is -3.27. The Morgan fingerprint density at radius 3 is 2.52 bits per heavy atom. The lowest BCUT2D eigenvalue weighted by Crippen LogP contribution is -2.08. The van der Waals surface area contributed by atoms with E-state index in [2.05, 4.69) is 15.0 Å². The molecule has 1 N–H and O–H groups in total. The Balaban J connectivity index is 1.96. The van der Waals surface area contributed by atoms with Gasteiger partial charge < -0.3 is 4.98 Å². The molecule has 0 saturated heterocycles. The van der Waals surface area contributed by atoms with E-state index in [-0.39, 0.29) is 5.56 Å². The molecule has 0 atom stereocenters. The lowest BCUT2D eigenvalue weighted by Gasteiger charge is -2.08. The van der Waals surface area contributed by atoms with E-state index >= 15 is 0 Å². The van der Waals surface area contributed by atoms with Crippen LogP contribution in [-0.2, 0) is 0 Å². The number of fused-ring (bicyclic) bond motifs is 1. The van der Waals surface area contributed by atoms with Gasteiger partial charge in [0.05, 0.1) is 5.69 Å². The first-order valence-electron chi connectivity index (χ1n) is 7.31. The highest BCUT2D eigenvalue weighted by atomic mass is 16.1. The molecule has 0 saturated carbocycles. The molecular formula is C19H13N3O. The van der Waals surface area contributed by atoms with Gasteiger partial charge in [-0.2, -0.15) is 4.98 Å². The number of aromatic nitrogens is 3. The van der Waals surface area contributed by atoms with Gasteiger partial charge in [-0.1, -0.05) is 42.5 Å². The second kappa shape index (κ2) is 5.50. The average molecular weight is 299 g/mol. The maximum atomic E-state index is 12.0. The summed E-state index contributed by atoms with van der Waals surface area (Å²) in [6.07, 6.45) is 3.40. The van der Waals surface area contributed by atoms with Crippen molar-refractivity contribution < 1.29 is 0 Å². The third kappa shape index (κ3) is 2.51. The fourth-order valence-corrected chi connectivity index (χ4v) is 2.70. The van der Waals surface area contributed by atoms with Gasteiger partial charge in [-0.15, -0.1) is 0 Å². The van der Waals surface area contributed by atoms with Crippen LogP contribution in [0.5, 0.6) is 0 Å². The lowest BCUT2D eigenvalue weighted by atomic mass is 10.0. The first kappa shape index (κ1) is 13.4. The van der Waals surface area contributed by atoms with Gasteiger partial charge >= 0.3 is 0 Å². The molecule has 4 rings (SSSR count). The quantitative estimate of drug-likeness (QED) is 0.614. The summed E-state index contributed by atoms with van der Waals surface area (Å²) in [4.78, 5) is 23.5. The summed E-state index contributed by atoms with van der Waals surface area (Å²) < 4.78 is 0. The summed E-state index contributed by atoms with van der Waals surface area (Å²) in [6.45, 7) is 0. The van der Waals surface area contributed by atoms with E-state index in [1.807, 2.05) is 54.6 Å². The smallest absolute Gasteiger partial charge is 0.273 e. The van der Waals surface area contributed by atoms with Crippen LogP contribution in [0, 0.1) is 0 Å². The summed E-state index contributed by atoms with van der Waals surface area (Å²) >= 11 is 0. The number of aromatic amines is 1. The van der Waals surface area contributed by atoms with Crippen LogP contribution < -0.4 is 5.56 Å². The van der Waals surface area contributed by atoms with E-state index < -0.39 is 0 Å². The minimum absolute atomic E-state index is 0.265. The van der Waals surface area contributed by atoms with Crippen molar-refractivity contribution >= 4 is 10.8 Å². The fraction of sp³-hybridized carbons (Fsp3) is 0. The summed E-state index contributed by atoms with van der Waals surface area (Å²) in [7, 11) is 0. The molecule has 0 amide bonds. The van der Waals surface area contributed by atoms with Crippen LogP contribution in [0.3, 0.4) is 0 Å². The highest BCUT2D eigenvalue weighted by Crippen LogP contribution is 2.26. The van der Waals surface area contributed by atoms with Gasteiger partial charge in [0, 0.05) is 29.6 Å². The summed E-state index contributed by atoms with van der Waals surface area (Å²) in [5.41, 5.74) is 2.28. The van der Waals surface area contributed by atoms with Crippen molar-refractivity contribution in [2.75, 3.05) is 0 Å². The van der Waals surface area contributed by atoms with Crippen LogP contribution in [0.25, 0.3) is 33.4 Å². The molecule has 0 radical (unpaired) electrons. The predicted octanol–water partition coefficient (Wildman–Crippen LogP) is 3.65. The van der Waals surface area contributed by atoms with Crippen molar-refractivity contribution in [2.24, 2.45) is 0 Å². The molecule has 0 aliphatic rings. The van der Waals surface area contributed by atoms with Crippen LogP contribution in [-0.4, -0.2) is 15.0 Å². The average Bonchev–Trinajstić information content (AvgIpc) is 2.61. The maximum Gasteiger partial charge on any atom is 0.273 e. The van der Waals surface area contributed by atoms with E-state index in [9.17, 15) is 4.79 Å². The highest BCUT2D eigenvalue weighted by molar-refractivity contribution is 5.95. The third-order valence-electron chi connectivity index (χ3n) is 3.78. The number of nitrogens with zero attached hydrogens (tertiary/aromatic N) is 2. The minimum Gasteiger partial charge on any atom is -0.339 e. The van der Waals surface area contributed by atoms with E-state index in [1.165, 1.54) is 6.07 Å². The molecule has 0 fully saturated rings. The van der Waals surface area contributed by atoms with Crippen LogP contribution in [0.15, 0.2) is 77.9 Å². The molecule has 23 heavy (non-hydrogen) atoms. The Labute approximate surface area is 132 Å². The summed E-state index contributed by atoms with van der Waals surface area (Å²) in [6, 6.07) is 19.3. The molecule has 2 aromatic heterocycles. The lowest BCUT2D eigenvalue weighted by molar-refractivity contribution is 1.13. The molecule has 4 nitrogen and oxygen atoms in total. The largest absolute Gasteiger partial charge is 0.339 e. The Kier molecular flexibility index (Phi) is 3.20. The van der Waals surface area contributed by atoms with Crippen molar-refractivity contribution in [3.8, 4) is 22.6 Å². The zero-order chi connectivity index (χ0) is 15.6. The van der Waals surface area contributed by atoms with Crippen LogP contribution >= 0.6 is 0 Å². The number of hydrogen-bond acceptors (Lipinski definition) is 3. The van der Waals surface area contributed by atoms with E-state index in [0.29, 0.717) is 5.82 Å². The molecule has 2 aromatic carbocycles. The van der Waals surface area contributed by atoms with Gasteiger partial charge in [0.1, 0.15) is 5.82 Å². The Bertz CT molecular complexity index is 1030. The summed E-state index contributed by atoms with van der Waals surface area (Å²) in [5, 5.41) is 2.17. The minimum atomic E-state index is -0.265. The van der Waals surface area contributed by atoms with Gasteiger partial charge in [-0.3, -0.25) is 9.78 Å². The van der Waals surface area contributed by atoms with Crippen LogP contribution in [0.2, 0.25) is 0 Å². The first-order valence-corrected chi connectivity index (χ1v) is 7.31. The third-order valence-corrected chi connectivity index (χ3v) is 3.78. The van der Waals surface area contributed by atoms with E-state index in [4.69, 9.17) is 0 Å². The van der Waals surface area contributed by atoms with Crippen LogP contribution in [0.4, 0.5) is 0 Å². The monoisotopic (exact) mass is 299 g/mol. The number of nitrogens with one attached hydrogen (secondary N) is 1. The molecule has 0 aliphatic heterocycles. The normalized spacial score (nSPS) is 10.8. The number of benzene rings is 2. The number of hydrogen-bond donors (Lipinski definition) is 1. The first-order chi connectivity index (χ1) is 11.3. The second-order valence-electron chi connectivity index (χ2n) is 5.24. The van der Waals surface area contributed by atoms with Crippen molar-refractivity contribution in [3.63, 3.8) is 0 Å². The maximum absolute atomic E-state index is 12.0. The molecule has 0 aliphatic carbocycles. The van der Waals surface area contributed by atoms with Crippen molar-refractivity contribution in [3.05, 3.63) is 83.4 Å². The van der Waals surface area contributed by atoms with Gasteiger partial charge in [-0.05, 0) is 22.9 Å². The fourth-order valence-electron chi connectivity index (χ4n) is 2.70. The zero-order valence-electron chi connectivity index (χ0n) is 12.2. The topological polar surface area (TPSA) is 58.6 Å². The number of pyridine rings is 1. The van der Waals surface area contributed by atoms with Crippen molar-refractivity contribution in [2.45, 2.75) is 0 Å². The summed E-state index contributed by atoms with van der Waals surface area (Å²) in [5.74, 6) is 0.570. The standard InChI is InChI=1S/C19H13N3O/c23-18-12-17(14-8-10-20-11-9-14)21-19(22-18)16-7-3-5-13-4-1-2-6-15(13)16/h1-12H,(H,21,22,23). The second-order valence-corrected chi connectivity index (χ2v) is 5.24. The Morgan fingerprint density at radius 1 is 0.870 bits per heavy atom. The Morgan fingerprint density at radius 2 is 1.65 bits per heavy atom.